The molecule has 1 aromatic heterocycles. The summed E-state index contributed by atoms with van der Waals surface area (Å²) in [4.78, 5) is 39.4. The SMILES string of the molecule is CC[C@@H]1CO[C@H]2Cn3cc(C(=O)NCc4ccc(F)cc4F)c(=O)c(O)c3C(=O)N12. The van der Waals surface area contributed by atoms with Crippen molar-refractivity contribution in [2.24, 2.45) is 0 Å². The van der Waals surface area contributed by atoms with Gasteiger partial charge in [0.2, 0.25) is 5.43 Å². The van der Waals surface area contributed by atoms with Crippen LogP contribution in [0.25, 0.3) is 0 Å². The molecule has 4 rings (SSSR count). The maximum absolute atomic E-state index is 13.7. The van der Waals surface area contributed by atoms with E-state index in [1.165, 1.54) is 21.7 Å². The second-order valence-electron chi connectivity index (χ2n) is 7.20. The average molecular weight is 419 g/mol. The summed E-state index contributed by atoms with van der Waals surface area (Å²) in [5.74, 6) is -3.80. The van der Waals surface area contributed by atoms with Crippen molar-refractivity contribution in [3.05, 3.63) is 63.1 Å². The Bertz CT molecular complexity index is 1100. The van der Waals surface area contributed by atoms with Crippen molar-refractivity contribution in [2.75, 3.05) is 6.61 Å². The molecule has 3 heterocycles. The van der Waals surface area contributed by atoms with Crippen molar-refractivity contribution in [3.63, 3.8) is 0 Å². The minimum absolute atomic E-state index is 0.0304. The maximum atomic E-state index is 13.7. The highest BCUT2D eigenvalue weighted by molar-refractivity contribution is 5.99. The topological polar surface area (TPSA) is 101 Å². The van der Waals surface area contributed by atoms with E-state index >= 15 is 0 Å². The third-order valence-corrected chi connectivity index (χ3v) is 5.40. The van der Waals surface area contributed by atoms with Gasteiger partial charge in [0.25, 0.3) is 11.8 Å². The summed E-state index contributed by atoms with van der Waals surface area (Å²) < 4.78 is 33.7. The number of ether oxygens (including phenoxy) is 1. The molecule has 158 valence electrons. The zero-order chi connectivity index (χ0) is 21.6. The zero-order valence-electron chi connectivity index (χ0n) is 16.0. The Labute approximate surface area is 169 Å². The first-order chi connectivity index (χ1) is 14.3. The van der Waals surface area contributed by atoms with Gasteiger partial charge in [-0.15, -0.1) is 0 Å². The number of aromatic nitrogens is 1. The molecular formula is C20H19F2N3O5. The van der Waals surface area contributed by atoms with Crippen LogP contribution in [0.3, 0.4) is 0 Å². The summed E-state index contributed by atoms with van der Waals surface area (Å²) in [5.41, 5.74) is -1.56. The Morgan fingerprint density at radius 2 is 2.10 bits per heavy atom. The van der Waals surface area contributed by atoms with E-state index in [1.54, 1.807) is 0 Å². The number of pyridine rings is 1. The molecule has 30 heavy (non-hydrogen) atoms. The minimum atomic E-state index is -1.00. The van der Waals surface area contributed by atoms with Crippen LogP contribution in [0.15, 0.2) is 29.2 Å². The minimum Gasteiger partial charge on any atom is -0.503 e. The monoisotopic (exact) mass is 419 g/mol. The number of carbonyl (C=O) groups excluding carboxylic acids is 2. The Hall–Kier alpha value is -3.27. The average Bonchev–Trinajstić information content (AvgIpc) is 3.13. The number of amides is 2. The third-order valence-electron chi connectivity index (χ3n) is 5.40. The van der Waals surface area contributed by atoms with Crippen molar-refractivity contribution in [1.82, 2.24) is 14.8 Å². The number of nitrogens with one attached hydrogen (secondary N) is 1. The lowest BCUT2D eigenvalue weighted by atomic mass is 10.1. The van der Waals surface area contributed by atoms with Crippen molar-refractivity contribution in [3.8, 4) is 5.75 Å². The maximum Gasteiger partial charge on any atom is 0.276 e. The second kappa shape index (κ2) is 7.52. The predicted molar refractivity (Wildman–Crippen MR) is 99.9 cm³/mol. The van der Waals surface area contributed by atoms with Crippen molar-refractivity contribution < 1.29 is 28.2 Å². The molecule has 0 unspecified atom stereocenters. The Morgan fingerprint density at radius 1 is 1.33 bits per heavy atom. The Morgan fingerprint density at radius 3 is 2.80 bits per heavy atom. The van der Waals surface area contributed by atoms with E-state index in [-0.39, 0.29) is 30.4 Å². The first-order valence-corrected chi connectivity index (χ1v) is 9.44. The third kappa shape index (κ3) is 3.22. The lowest BCUT2D eigenvalue weighted by Gasteiger charge is -2.34. The van der Waals surface area contributed by atoms with Gasteiger partial charge in [0.05, 0.1) is 19.2 Å². The van der Waals surface area contributed by atoms with Crippen LogP contribution in [0.2, 0.25) is 0 Å². The second-order valence-corrected chi connectivity index (χ2v) is 7.20. The molecule has 10 heteroatoms. The summed E-state index contributed by atoms with van der Waals surface area (Å²) in [6.07, 6.45) is 1.29. The summed E-state index contributed by atoms with van der Waals surface area (Å²) in [6.45, 7) is 2.12. The van der Waals surface area contributed by atoms with Crippen LogP contribution in [0.5, 0.6) is 5.75 Å². The molecule has 2 aliphatic rings. The van der Waals surface area contributed by atoms with Gasteiger partial charge in [0, 0.05) is 24.4 Å². The van der Waals surface area contributed by atoms with Crippen LogP contribution >= 0.6 is 0 Å². The van der Waals surface area contributed by atoms with Gasteiger partial charge in [0.15, 0.2) is 17.7 Å². The number of hydrogen-bond acceptors (Lipinski definition) is 5. The van der Waals surface area contributed by atoms with E-state index in [0.29, 0.717) is 19.1 Å². The van der Waals surface area contributed by atoms with Gasteiger partial charge in [0.1, 0.15) is 17.2 Å². The van der Waals surface area contributed by atoms with Crippen LogP contribution in [0.1, 0.15) is 39.8 Å². The van der Waals surface area contributed by atoms with Gasteiger partial charge in [-0.25, -0.2) is 8.78 Å². The predicted octanol–water partition coefficient (Wildman–Crippen LogP) is 1.35. The molecule has 1 saturated heterocycles. The quantitative estimate of drug-likeness (QED) is 0.779. The molecule has 0 spiro atoms. The fraction of sp³-hybridized carbons (Fsp3) is 0.350. The van der Waals surface area contributed by atoms with Crippen LogP contribution in [-0.4, -0.2) is 45.3 Å². The zero-order valence-corrected chi connectivity index (χ0v) is 16.0. The van der Waals surface area contributed by atoms with Crippen molar-refractivity contribution >= 4 is 11.8 Å². The largest absolute Gasteiger partial charge is 0.503 e. The number of fused-ring (bicyclic) bond motifs is 2. The molecule has 2 aromatic rings. The van der Waals surface area contributed by atoms with E-state index in [9.17, 15) is 28.3 Å². The number of benzene rings is 1. The molecule has 2 amide bonds. The van der Waals surface area contributed by atoms with E-state index < -0.39 is 46.4 Å². The molecule has 1 aromatic carbocycles. The number of carbonyl (C=O) groups is 2. The fourth-order valence-corrected chi connectivity index (χ4v) is 3.78. The summed E-state index contributed by atoms with van der Waals surface area (Å²) >= 11 is 0. The molecule has 2 atom stereocenters. The first kappa shape index (κ1) is 20.0. The molecule has 0 radical (unpaired) electrons. The number of nitrogens with zero attached hydrogens (tertiary/aromatic N) is 2. The van der Waals surface area contributed by atoms with E-state index in [0.717, 1.165) is 6.07 Å². The van der Waals surface area contributed by atoms with E-state index in [2.05, 4.69) is 5.32 Å². The molecule has 2 N–H and O–H groups in total. The molecule has 0 saturated carbocycles. The smallest absolute Gasteiger partial charge is 0.276 e. The molecule has 0 aliphatic carbocycles. The van der Waals surface area contributed by atoms with Crippen molar-refractivity contribution in [2.45, 2.75) is 38.7 Å². The molecule has 1 fully saturated rings. The fourth-order valence-electron chi connectivity index (χ4n) is 3.78. The van der Waals surface area contributed by atoms with E-state index in [1.807, 2.05) is 6.92 Å². The lowest BCUT2D eigenvalue weighted by Crippen LogP contribution is -2.49. The van der Waals surface area contributed by atoms with Gasteiger partial charge in [-0.05, 0) is 12.5 Å². The first-order valence-electron chi connectivity index (χ1n) is 9.44. The Balaban J connectivity index is 1.62. The van der Waals surface area contributed by atoms with Crippen molar-refractivity contribution in [1.29, 1.82) is 0 Å². The molecular weight excluding hydrogens is 400 g/mol. The highest BCUT2D eigenvalue weighted by Gasteiger charge is 2.43. The number of halogens is 2. The summed E-state index contributed by atoms with van der Waals surface area (Å²) in [5, 5.41) is 12.8. The lowest BCUT2D eigenvalue weighted by molar-refractivity contribution is 0.00563. The molecule has 8 nitrogen and oxygen atoms in total. The van der Waals surface area contributed by atoms with Gasteiger partial charge in [-0.1, -0.05) is 13.0 Å². The van der Waals surface area contributed by atoms with Crippen LogP contribution in [-0.2, 0) is 17.8 Å². The van der Waals surface area contributed by atoms with E-state index in [4.69, 9.17) is 4.74 Å². The number of hydrogen-bond donors (Lipinski definition) is 2. The highest BCUT2D eigenvalue weighted by Crippen LogP contribution is 2.30. The normalized spacial score (nSPS) is 20.1. The number of aromatic hydroxyl groups is 1. The summed E-state index contributed by atoms with van der Waals surface area (Å²) in [6, 6.07) is 2.76. The highest BCUT2D eigenvalue weighted by atomic mass is 19.1. The number of rotatable bonds is 4. The van der Waals surface area contributed by atoms with Crippen LogP contribution in [0, 0.1) is 11.6 Å². The van der Waals surface area contributed by atoms with Gasteiger partial charge in [-0.3, -0.25) is 14.4 Å². The molecule has 0 bridgehead atoms. The van der Waals surface area contributed by atoms with Gasteiger partial charge < -0.3 is 24.6 Å². The van der Waals surface area contributed by atoms with Gasteiger partial charge >= 0.3 is 0 Å². The Kier molecular flexibility index (Phi) is 5.02. The van der Waals surface area contributed by atoms with Crippen LogP contribution < -0.4 is 10.7 Å². The summed E-state index contributed by atoms with van der Waals surface area (Å²) in [7, 11) is 0. The van der Waals surface area contributed by atoms with Crippen LogP contribution in [0.4, 0.5) is 8.78 Å². The molecule has 2 aliphatic heterocycles. The standard InChI is InChI=1S/C20H19F2N3O5/c1-2-12-9-30-15-8-24-7-13(17(26)18(27)16(24)20(29)25(12)15)19(28)23-6-10-3-4-11(21)5-14(10)22/h3-5,7,12,15,27H,2,6,8-9H2,1H3,(H,23,28)/t12-,15+/m1/s1. The van der Waals surface area contributed by atoms with Gasteiger partial charge in [-0.2, -0.15) is 0 Å².